The maximum absolute atomic E-state index is 10.3. The fourth-order valence-electron chi connectivity index (χ4n) is 2.17. The maximum Gasteiger partial charge on any atom is 0.328 e. The molecule has 0 aliphatic rings. The van der Waals surface area contributed by atoms with Crippen LogP contribution in [0, 0.1) is 0 Å². The first-order valence-electron chi connectivity index (χ1n) is 11.5. The van der Waals surface area contributed by atoms with Crippen molar-refractivity contribution in [2.24, 2.45) is 0 Å². The van der Waals surface area contributed by atoms with Gasteiger partial charge < -0.3 is 48.3 Å². The molecule has 0 rings (SSSR count). The zero-order chi connectivity index (χ0) is 24.1. The third-order valence-electron chi connectivity index (χ3n) is 3.75. The minimum absolute atomic E-state index is 0.501. The molecule has 2 N–H and O–H groups in total. The van der Waals surface area contributed by atoms with E-state index >= 15 is 0 Å². The summed E-state index contributed by atoms with van der Waals surface area (Å²) >= 11 is 0. The van der Waals surface area contributed by atoms with E-state index in [1.807, 2.05) is 6.92 Å². The van der Waals surface area contributed by atoms with Gasteiger partial charge in [0.1, 0.15) is 0 Å². The van der Waals surface area contributed by atoms with Crippen LogP contribution in [0.3, 0.4) is 0 Å². The second-order valence-corrected chi connectivity index (χ2v) is 6.43. The first-order valence-corrected chi connectivity index (χ1v) is 11.5. The van der Waals surface area contributed by atoms with E-state index in [2.05, 4.69) is 5.32 Å². The second-order valence-electron chi connectivity index (χ2n) is 6.43. The summed E-state index contributed by atoms with van der Waals surface area (Å²) in [5.74, 6) is -0.948. The molecular weight excluding hydrogens is 438 g/mol. The Labute approximate surface area is 197 Å². The average molecular weight is 482 g/mol. The number of carboxylic acids is 1. The molecule has 0 aromatic heterocycles. The van der Waals surface area contributed by atoms with E-state index in [9.17, 15) is 4.79 Å². The van der Waals surface area contributed by atoms with E-state index in [0.717, 1.165) is 6.08 Å². The maximum atomic E-state index is 10.3. The number of rotatable bonds is 28. The minimum Gasteiger partial charge on any atom is -0.478 e. The Morgan fingerprint density at radius 3 is 1.27 bits per heavy atom. The molecule has 0 fully saturated rings. The Bertz CT molecular complexity index is 426. The fourth-order valence-corrected chi connectivity index (χ4v) is 2.17. The third kappa shape index (κ3) is 30.9. The van der Waals surface area contributed by atoms with Crippen LogP contribution in [-0.4, -0.2) is 130 Å². The summed E-state index contributed by atoms with van der Waals surface area (Å²) in [6.07, 6.45) is 2.65. The van der Waals surface area contributed by atoms with Gasteiger partial charge in [0.15, 0.2) is 0 Å². The van der Waals surface area contributed by atoms with E-state index in [1.165, 1.54) is 0 Å². The van der Waals surface area contributed by atoms with Crippen molar-refractivity contribution in [2.75, 3.05) is 119 Å². The van der Waals surface area contributed by atoms with Crippen molar-refractivity contribution in [1.82, 2.24) is 5.32 Å². The molecule has 11 heteroatoms. The molecule has 0 amide bonds. The van der Waals surface area contributed by atoms with Gasteiger partial charge >= 0.3 is 5.97 Å². The Balaban J connectivity index is 3.03. The molecule has 11 nitrogen and oxygen atoms in total. The smallest absolute Gasteiger partial charge is 0.328 e. The number of carbonyl (C=O) groups is 1. The predicted molar refractivity (Wildman–Crippen MR) is 122 cm³/mol. The van der Waals surface area contributed by atoms with Crippen molar-refractivity contribution in [3.05, 3.63) is 12.2 Å². The van der Waals surface area contributed by atoms with E-state index in [1.54, 1.807) is 6.08 Å². The van der Waals surface area contributed by atoms with Gasteiger partial charge in [-0.05, 0) is 6.92 Å². The highest BCUT2D eigenvalue weighted by atomic mass is 16.6. The molecule has 33 heavy (non-hydrogen) atoms. The predicted octanol–water partition coefficient (Wildman–Crippen LogP) is 0.370. The monoisotopic (exact) mass is 481 g/mol. The lowest BCUT2D eigenvalue weighted by Crippen LogP contribution is -2.21. The normalized spacial score (nSPS) is 11.5. The summed E-state index contributed by atoms with van der Waals surface area (Å²) in [5.41, 5.74) is 0. The van der Waals surface area contributed by atoms with Gasteiger partial charge in [0, 0.05) is 25.8 Å². The van der Waals surface area contributed by atoms with Crippen LogP contribution in [0.5, 0.6) is 0 Å². The quantitative estimate of drug-likeness (QED) is 0.119. The Kier molecular flexibility index (Phi) is 27.9. The lowest BCUT2D eigenvalue weighted by molar-refractivity contribution is -0.131. The summed E-state index contributed by atoms with van der Waals surface area (Å²) in [6, 6.07) is 0. The van der Waals surface area contributed by atoms with Crippen LogP contribution in [0.2, 0.25) is 0 Å². The van der Waals surface area contributed by atoms with Crippen molar-refractivity contribution >= 4 is 5.97 Å². The molecule has 0 aromatic rings. The van der Waals surface area contributed by atoms with Crippen LogP contribution in [0.25, 0.3) is 0 Å². The number of ether oxygens (including phenoxy) is 8. The van der Waals surface area contributed by atoms with Gasteiger partial charge in [0.2, 0.25) is 0 Å². The second kappa shape index (κ2) is 28.9. The lowest BCUT2D eigenvalue weighted by Gasteiger charge is -2.08. The molecular formula is C22H43NO10. The first kappa shape index (κ1) is 31.9. The van der Waals surface area contributed by atoms with Crippen LogP contribution in [-0.2, 0) is 42.7 Å². The highest BCUT2D eigenvalue weighted by Crippen LogP contribution is 1.85. The zero-order valence-electron chi connectivity index (χ0n) is 20.0. The van der Waals surface area contributed by atoms with Gasteiger partial charge in [0.25, 0.3) is 0 Å². The highest BCUT2D eigenvalue weighted by molar-refractivity contribution is 5.79. The molecule has 0 saturated heterocycles. The largest absolute Gasteiger partial charge is 0.478 e. The third-order valence-corrected chi connectivity index (χ3v) is 3.75. The molecule has 0 heterocycles. The average Bonchev–Trinajstić information content (AvgIpc) is 2.80. The van der Waals surface area contributed by atoms with Crippen molar-refractivity contribution in [2.45, 2.75) is 6.92 Å². The number of hydrogen-bond donors (Lipinski definition) is 2. The Morgan fingerprint density at radius 2 is 0.939 bits per heavy atom. The van der Waals surface area contributed by atoms with Crippen molar-refractivity contribution < 1.29 is 47.8 Å². The van der Waals surface area contributed by atoms with Gasteiger partial charge in [-0.3, -0.25) is 0 Å². The van der Waals surface area contributed by atoms with Crippen molar-refractivity contribution in [3.8, 4) is 0 Å². The first-order chi connectivity index (χ1) is 16.3. The number of aliphatic carboxylic acids is 1. The minimum atomic E-state index is -0.948. The number of hydrogen-bond acceptors (Lipinski definition) is 10. The molecule has 0 aliphatic heterocycles. The molecule has 0 bridgehead atoms. The summed E-state index contributed by atoms with van der Waals surface area (Å²) < 4.78 is 42.9. The van der Waals surface area contributed by atoms with E-state index in [-0.39, 0.29) is 0 Å². The van der Waals surface area contributed by atoms with E-state index in [4.69, 9.17) is 43.0 Å². The van der Waals surface area contributed by atoms with Gasteiger partial charge in [-0.15, -0.1) is 0 Å². The topological polar surface area (TPSA) is 123 Å². The van der Waals surface area contributed by atoms with Crippen LogP contribution in [0.4, 0.5) is 0 Å². The Morgan fingerprint density at radius 1 is 0.606 bits per heavy atom. The summed E-state index contributed by atoms with van der Waals surface area (Å²) in [6.45, 7) is 11.8. The van der Waals surface area contributed by atoms with Gasteiger partial charge in [-0.1, -0.05) is 6.08 Å². The van der Waals surface area contributed by atoms with Crippen LogP contribution < -0.4 is 5.32 Å². The molecule has 0 unspecified atom stereocenters. The molecule has 0 saturated carbocycles. The van der Waals surface area contributed by atoms with Gasteiger partial charge in [0.05, 0.1) is 99.1 Å². The standard InChI is InChI=1S/C22H43NO10/c1-2-26-8-9-28-12-13-30-16-17-32-20-21-33-19-18-31-15-14-29-11-10-27-7-6-23-5-3-4-22(24)25/h3-4,23H,2,5-21H2,1H3,(H,24,25). The van der Waals surface area contributed by atoms with Crippen LogP contribution in [0.1, 0.15) is 6.92 Å². The molecule has 0 atom stereocenters. The zero-order valence-corrected chi connectivity index (χ0v) is 20.0. The summed E-state index contributed by atoms with van der Waals surface area (Å²) in [7, 11) is 0. The fraction of sp³-hybridized carbons (Fsp3) is 0.864. The van der Waals surface area contributed by atoms with Crippen molar-refractivity contribution in [3.63, 3.8) is 0 Å². The molecule has 0 aromatic carbocycles. The number of carboxylic acid groups (broad SMARTS) is 1. The molecule has 0 radical (unpaired) electrons. The van der Waals surface area contributed by atoms with E-state index in [0.29, 0.717) is 119 Å². The molecule has 0 aliphatic carbocycles. The van der Waals surface area contributed by atoms with Crippen LogP contribution >= 0.6 is 0 Å². The molecule has 0 spiro atoms. The Hall–Kier alpha value is -1.15. The van der Waals surface area contributed by atoms with Crippen LogP contribution in [0.15, 0.2) is 12.2 Å². The molecule has 196 valence electrons. The summed E-state index contributed by atoms with van der Waals surface area (Å²) in [4.78, 5) is 10.3. The highest BCUT2D eigenvalue weighted by Gasteiger charge is 1.95. The lowest BCUT2D eigenvalue weighted by atomic mass is 10.5. The van der Waals surface area contributed by atoms with Gasteiger partial charge in [-0.25, -0.2) is 4.79 Å². The SMILES string of the molecule is CCOCCOCCOCCOCCOCCOCCOCCOCCNCC=CC(=O)O. The van der Waals surface area contributed by atoms with Crippen molar-refractivity contribution in [1.29, 1.82) is 0 Å². The van der Waals surface area contributed by atoms with E-state index < -0.39 is 5.97 Å². The van der Waals surface area contributed by atoms with Gasteiger partial charge in [-0.2, -0.15) is 0 Å². The number of nitrogens with one attached hydrogen (secondary N) is 1. The summed E-state index contributed by atoms with van der Waals surface area (Å²) in [5, 5.41) is 11.5.